The van der Waals surface area contributed by atoms with Crippen LogP contribution in [0.1, 0.15) is 19.3 Å². The van der Waals surface area contributed by atoms with Gasteiger partial charge in [-0.1, -0.05) is 42.5 Å². The maximum Gasteiger partial charge on any atom is 0.238 e. The summed E-state index contributed by atoms with van der Waals surface area (Å²) in [5, 5.41) is 3.00. The Morgan fingerprint density at radius 3 is 1.90 bits per heavy atom. The van der Waals surface area contributed by atoms with Crippen molar-refractivity contribution in [3.05, 3.63) is 54.6 Å². The molecule has 6 nitrogen and oxygen atoms in total. The van der Waals surface area contributed by atoms with Crippen molar-refractivity contribution in [3.63, 3.8) is 0 Å². The van der Waals surface area contributed by atoms with E-state index in [4.69, 9.17) is 0 Å². The minimum Gasteiger partial charge on any atom is -0.342 e. The van der Waals surface area contributed by atoms with Gasteiger partial charge in [0.1, 0.15) is 0 Å². The number of anilines is 1. The average molecular weight is 421 g/mol. The van der Waals surface area contributed by atoms with Crippen LogP contribution in [-0.2, 0) is 9.59 Å². The first kappa shape index (κ1) is 21.5. The maximum absolute atomic E-state index is 12.5. The second-order valence-corrected chi connectivity index (χ2v) is 8.49. The van der Waals surface area contributed by atoms with Crippen LogP contribution < -0.4 is 5.32 Å². The quantitative estimate of drug-likeness (QED) is 0.781. The SMILES string of the molecule is O=C(CN1CCN(CC(=O)N2CCCCC2)CC1)Nc1ccc(-c2ccccc2)cc1. The summed E-state index contributed by atoms with van der Waals surface area (Å²) in [4.78, 5) is 31.3. The van der Waals surface area contributed by atoms with Gasteiger partial charge in [0.25, 0.3) is 0 Å². The van der Waals surface area contributed by atoms with Crippen molar-refractivity contribution < 1.29 is 9.59 Å². The van der Waals surface area contributed by atoms with E-state index in [1.165, 1.54) is 6.42 Å². The fourth-order valence-corrected chi connectivity index (χ4v) is 4.32. The molecular weight excluding hydrogens is 388 g/mol. The zero-order valence-corrected chi connectivity index (χ0v) is 18.1. The molecule has 31 heavy (non-hydrogen) atoms. The van der Waals surface area contributed by atoms with E-state index in [1.807, 2.05) is 47.4 Å². The van der Waals surface area contributed by atoms with Gasteiger partial charge in [0.15, 0.2) is 0 Å². The Kier molecular flexibility index (Phi) is 7.33. The van der Waals surface area contributed by atoms with Crippen LogP contribution in [-0.4, -0.2) is 78.9 Å². The number of carbonyl (C=O) groups excluding carboxylic acids is 2. The zero-order chi connectivity index (χ0) is 21.5. The number of nitrogens with zero attached hydrogens (tertiary/aromatic N) is 3. The smallest absolute Gasteiger partial charge is 0.238 e. The first-order chi connectivity index (χ1) is 15.2. The average Bonchev–Trinajstić information content (AvgIpc) is 2.82. The molecule has 1 N–H and O–H groups in total. The third-order valence-corrected chi connectivity index (χ3v) is 6.18. The number of nitrogens with one attached hydrogen (secondary N) is 1. The molecule has 2 aliphatic heterocycles. The number of likely N-dealkylation sites (tertiary alicyclic amines) is 1. The molecule has 4 rings (SSSR count). The highest BCUT2D eigenvalue weighted by Crippen LogP contribution is 2.21. The van der Waals surface area contributed by atoms with Crippen LogP contribution in [0.15, 0.2) is 54.6 Å². The van der Waals surface area contributed by atoms with E-state index in [2.05, 4.69) is 27.2 Å². The fraction of sp³-hybridized carbons (Fsp3) is 0.440. The number of hydrogen-bond donors (Lipinski definition) is 1. The number of amides is 2. The standard InChI is InChI=1S/C25H32N4O2/c30-24(26-23-11-9-22(10-12-23)21-7-3-1-4-8-21)19-27-15-17-28(18-16-27)20-25(31)29-13-5-2-6-14-29/h1,3-4,7-12H,2,5-6,13-20H2,(H,26,30). The van der Waals surface area contributed by atoms with Gasteiger partial charge < -0.3 is 10.2 Å². The molecule has 164 valence electrons. The van der Waals surface area contributed by atoms with E-state index in [0.717, 1.165) is 68.9 Å². The second-order valence-electron chi connectivity index (χ2n) is 8.49. The van der Waals surface area contributed by atoms with Gasteiger partial charge in [-0.15, -0.1) is 0 Å². The fourth-order valence-electron chi connectivity index (χ4n) is 4.32. The minimum absolute atomic E-state index is 0.00491. The van der Waals surface area contributed by atoms with Crippen LogP contribution in [0, 0.1) is 0 Å². The molecule has 0 aliphatic carbocycles. The lowest BCUT2D eigenvalue weighted by Gasteiger charge is -2.35. The van der Waals surface area contributed by atoms with E-state index in [0.29, 0.717) is 13.1 Å². The van der Waals surface area contributed by atoms with E-state index in [-0.39, 0.29) is 11.8 Å². The second kappa shape index (κ2) is 10.6. The van der Waals surface area contributed by atoms with Gasteiger partial charge >= 0.3 is 0 Å². The zero-order valence-electron chi connectivity index (χ0n) is 18.1. The molecule has 0 bridgehead atoms. The Bertz CT molecular complexity index is 855. The summed E-state index contributed by atoms with van der Waals surface area (Å²) in [6, 6.07) is 18.2. The number of piperazine rings is 1. The normalized spacial score (nSPS) is 18.0. The number of piperidine rings is 1. The summed E-state index contributed by atoms with van der Waals surface area (Å²) in [5.41, 5.74) is 3.11. The topological polar surface area (TPSA) is 55.9 Å². The molecule has 0 spiro atoms. The number of benzene rings is 2. The van der Waals surface area contributed by atoms with Crippen LogP contribution in [0.3, 0.4) is 0 Å². The van der Waals surface area contributed by atoms with Crippen molar-refractivity contribution >= 4 is 17.5 Å². The van der Waals surface area contributed by atoms with Gasteiger partial charge in [0.05, 0.1) is 13.1 Å². The van der Waals surface area contributed by atoms with Crippen LogP contribution in [0.4, 0.5) is 5.69 Å². The Morgan fingerprint density at radius 1 is 0.677 bits per heavy atom. The molecule has 2 fully saturated rings. The molecule has 0 unspecified atom stereocenters. The van der Waals surface area contributed by atoms with Gasteiger partial charge in [0.2, 0.25) is 11.8 Å². The highest BCUT2D eigenvalue weighted by Gasteiger charge is 2.23. The number of carbonyl (C=O) groups is 2. The predicted octanol–water partition coefficient (Wildman–Crippen LogP) is 2.92. The summed E-state index contributed by atoms with van der Waals surface area (Å²) >= 11 is 0. The number of rotatable bonds is 6. The van der Waals surface area contributed by atoms with Crippen LogP contribution >= 0.6 is 0 Å². The van der Waals surface area contributed by atoms with Crippen LogP contribution in [0.25, 0.3) is 11.1 Å². The Balaban J connectivity index is 1.19. The van der Waals surface area contributed by atoms with Gasteiger partial charge in [-0.05, 0) is 42.5 Å². The molecule has 0 radical (unpaired) electrons. The summed E-state index contributed by atoms with van der Waals surface area (Å²) in [6.07, 6.45) is 3.49. The Labute approximate surface area is 184 Å². The first-order valence-electron chi connectivity index (χ1n) is 11.4. The van der Waals surface area contributed by atoms with E-state index in [1.54, 1.807) is 0 Å². The molecule has 2 aliphatic rings. The molecule has 2 heterocycles. The van der Waals surface area contributed by atoms with E-state index >= 15 is 0 Å². The molecule has 2 aromatic carbocycles. The summed E-state index contributed by atoms with van der Waals surface area (Å²) in [5.74, 6) is 0.259. The predicted molar refractivity (Wildman–Crippen MR) is 124 cm³/mol. The van der Waals surface area contributed by atoms with E-state index in [9.17, 15) is 9.59 Å². The van der Waals surface area contributed by atoms with Crippen LogP contribution in [0.2, 0.25) is 0 Å². The summed E-state index contributed by atoms with van der Waals surface area (Å²) in [7, 11) is 0. The monoisotopic (exact) mass is 420 g/mol. The van der Waals surface area contributed by atoms with Crippen molar-refractivity contribution in [2.45, 2.75) is 19.3 Å². The van der Waals surface area contributed by atoms with Crippen molar-refractivity contribution in [1.82, 2.24) is 14.7 Å². The van der Waals surface area contributed by atoms with Crippen LogP contribution in [0.5, 0.6) is 0 Å². The lowest BCUT2D eigenvalue weighted by Crippen LogP contribution is -2.51. The lowest BCUT2D eigenvalue weighted by atomic mass is 10.1. The lowest BCUT2D eigenvalue weighted by molar-refractivity contribution is -0.134. The van der Waals surface area contributed by atoms with E-state index < -0.39 is 0 Å². The highest BCUT2D eigenvalue weighted by molar-refractivity contribution is 5.92. The van der Waals surface area contributed by atoms with Gasteiger partial charge in [-0.2, -0.15) is 0 Å². The molecule has 0 aromatic heterocycles. The minimum atomic E-state index is 0.00491. The Hall–Kier alpha value is -2.70. The van der Waals surface area contributed by atoms with Gasteiger partial charge in [-0.3, -0.25) is 19.4 Å². The van der Waals surface area contributed by atoms with Gasteiger partial charge in [-0.25, -0.2) is 0 Å². The summed E-state index contributed by atoms with van der Waals surface area (Å²) < 4.78 is 0. The molecule has 0 atom stereocenters. The van der Waals surface area contributed by atoms with Crippen molar-refractivity contribution in [2.75, 3.05) is 57.7 Å². The molecular formula is C25H32N4O2. The Morgan fingerprint density at radius 2 is 1.26 bits per heavy atom. The van der Waals surface area contributed by atoms with Gasteiger partial charge in [0, 0.05) is 45.0 Å². The molecule has 2 amide bonds. The maximum atomic E-state index is 12.5. The number of hydrogen-bond acceptors (Lipinski definition) is 4. The molecule has 2 saturated heterocycles. The van der Waals surface area contributed by atoms with Crippen molar-refractivity contribution in [1.29, 1.82) is 0 Å². The van der Waals surface area contributed by atoms with Crippen molar-refractivity contribution in [2.24, 2.45) is 0 Å². The molecule has 6 heteroatoms. The van der Waals surface area contributed by atoms with Crippen molar-refractivity contribution in [3.8, 4) is 11.1 Å². The third kappa shape index (κ3) is 6.15. The molecule has 2 aromatic rings. The first-order valence-corrected chi connectivity index (χ1v) is 11.4. The third-order valence-electron chi connectivity index (χ3n) is 6.18. The summed E-state index contributed by atoms with van der Waals surface area (Å²) in [6.45, 7) is 6.00. The highest BCUT2D eigenvalue weighted by atomic mass is 16.2. The largest absolute Gasteiger partial charge is 0.342 e. The molecule has 0 saturated carbocycles.